The molecule has 4 aliphatic carbocycles. The van der Waals surface area contributed by atoms with Gasteiger partial charge >= 0.3 is 5.97 Å². The molecule has 30 heavy (non-hydrogen) atoms. The molecule has 168 valence electrons. The Bertz CT molecular complexity index is 729. The lowest BCUT2D eigenvalue weighted by molar-refractivity contribution is -0.160. The van der Waals surface area contributed by atoms with E-state index in [9.17, 15) is 9.59 Å². The monoisotopic (exact) mass is 436 g/mol. The molecule has 0 radical (unpaired) electrons. The molecule has 0 aromatic carbocycles. The zero-order valence-corrected chi connectivity index (χ0v) is 19.7. The molecule has 0 aromatic heterocycles. The lowest BCUT2D eigenvalue weighted by atomic mass is 9.49. The van der Waals surface area contributed by atoms with Gasteiger partial charge in [0, 0.05) is 18.3 Å². The summed E-state index contributed by atoms with van der Waals surface area (Å²) in [5, 5.41) is 0. The summed E-state index contributed by atoms with van der Waals surface area (Å²) in [5.41, 5.74) is 1.46. The molecular formula is C24H36O5S. The van der Waals surface area contributed by atoms with E-state index >= 15 is 0 Å². The van der Waals surface area contributed by atoms with Crippen LogP contribution in [0.25, 0.3) is 0 Å². The number of hydrogen-bond donors (Lipinski definition) is 1. The second-order valence-electron chi connectivity index (χ2n) is 9.90. The third-order valence-corrected chi connectivity index (χ3v) is 8.52. The van der Waals surface area contributed by atoms with Gasteiger partial charge in [0.15, 0.2) is 18.1 Å². The summed E-state index contributed by atoms with van der Waals surface area (Å²) >= 11 is 0.356. The number of hydrogen-bond acceptors (Lipinski definition) is 6. The summed E-state index contributed by atoms with van der Waals surface area (Å²) in [6.07, 6.45) is 12.1. The van der Waals surface area contributed by atoms with Crippen LogP contribution in [-0.2, 0) is 18.5 Å². The first-order valence-corrected chi connectivity index (χ1v) is 11.9. The van der Waals surface area contributed by atoms with Crippen LogP contribution in [0.5, 0.6) is 0 Å². The van der Waals surface area contributed by atoms with Crippen molar-refractivity contribution >= 4 is 24.1 Å². The number of carbonyl (C=O) groups is 2. The van der Waals surface area contributed by atoms with Gasteiger partial charge in [-0.25, -0.2) is 0 Å². The Hall–Kier alpha value is -1.11. The molecular weight excluding hydrogens is 400 g/mol. The van der Waals surface area contributed by atoms with E-state index in [1.165, 1.54) is 12.7 Å². The molecule has 0 aromatic rings. The van der Waals surface area contributed by atoms with E-state index in [0.717, 1.165) is 25.7 Å². The fourth-order valence-corrected chi connectivity index (χ4v) is 6.80. The molecule has 2 saturated carbocycles. The van der Waals surface area contributed by atoms with E-state index in [2.05, 4.69) is 37.1 Å². The quantitative estimate of drug-likeness (QED) is 0.457. The van der Waals surface area contributed by atoms with Crippen LogP contribution in [0.4, 0.5) is 0 Å². The molecule has 2 fully saturated rings. The molecule has 1 N–H and O–H groups in total. The summed E-state index contributed by atoms with van der Waals surface area (Å²) in [7, 11) is 1.39. The van der Waals surface area contributed by atoms with Crippen molar-refractivity contribution in [3.63, 3.8) is 0 Å². The highest BCUT2D eigenvalue weighted by atomic mass is 32.2. The van der Waals surface area contributed by atoms with Gasteiger partial charge in [0.25, 0.3) is 0 Å². The van der Waals surface area contributed by atoms with Crippen molar-refractivity contribution in [2.75, 3.05) is 7.11 Å². The van der Waals surface area contributed by atoms with E-state index in [1.807, 2.05) is 13.0 Å². The van der Waals surface area contributed by atoms with Crippen molar-refractivity contribution in [2.45, 2.75) is 72.3 Å². The average Bonchev–Trinajstić information content (AvgIpc) is 2.99. The second-order valence-corrected chi connectivity index (χ2v) is 10.4. The summed E-state index contributed by atoms with van der Waals surface area (Å²) in [4.78, 5) is 23.9. The molecule has 6 heteroatoms. The minimum atomic E-state index is -0.0620. The van der Waals surface area contributed by atoms with Crippen LogP contribution < -0.4 is 0 Å². The third kappa shape index (κ3) is 4.03. The van der Waals surface area contributed by atoms with E-state index < -0.39 is 0 Å². The maximum Gasteiger partial charge on any atom is 0.305 e. The maximum atomic E-state index is 12.0. The topological polar surface area (TPSA) is 72.8 Å². The zero-order valence-electron chi connectivity index (χ0n) is 18.8. The summed E-state index contributed by atoms with van der Waals surface area (Å²) < 4.78 is 17.5. The van der Waals surface area contributed by atoms with Gasteiger partial charge in [0.05, 0.1) is 7.11 Å². The van der Waals surface area contributed by atoms with E-state index in [1.54, 1.807) is 0 Å². The number of ketones is 1. The Labute approximate surface area is 185 Å². The number of fused-ring (bicyclic) bond motifs is 5. The number of esters is 1. The first kappa shape index (κ1) is 23.6. The van der Waals surface area contributed by atoms with Crippen molar-refractivity contribution in [3.05, 3.63) is 23.8 Å². The largest absolute Gasteiger partial charge is 0.461 e. The first-order chi connectivity index (χ1) is 14.2. The van der Waals surface area contributed by atoms with Crippen LogP contribution in [0, 0.1) is 34.5 Å². The van der Waals surface area contributed by atoms with Gasteiger partial charge < -0.3 is 9.29 Å². The molecule has 0 aliphatic heterocycles. The molecule has 0 heterocycles. The molecule has 5 nitrogen and oxygen atoms in total. The van der Waals surface area contributed by atoms with Gasteiger partial charge in [-0.15, -0.1) is 0 Å². The standard InChI is InChI=1S/C23H32O3.CH4O2S/c1-5-20(25)26-21-14(2)12-19-17-7-6-15-13-16(24)8-10-22(15,3)18(17)9-11-23(19,21)4;1-3-4-2/h6-7,13-14,17-19,21H,5,8-12H2,1-4H3;2H,1H3. The fraction of sp³-hybridized carbons (Fsp3) is 0.750. The smallest absolute Gasteiger partial charge is 0.305 e. The first-order valence-electron chi connectivity index (χ1n) is 11.2. The Morgan fingerprint density at radius 3 is 2.63 bits per heavy atom. The normalized spacial score (nSPS) is 41.6. The zero-order chi connectivity index (χ0) is 22.1. The van der Waals surface area contributed by atoms with Crippen molar-refractivity contribution in [1.82, 2.24) is 0 Å². The van der Waals surface area contributed by atoms with Gasteiger partial charge in [0.2, 0.25) is 0 Å². The predicted octanol–water partition coefficient (Wildman–Crippen LogP) is 5.62. The van der Waals surface area contributed by atoms with Crippen molar-refractivity contribution in [1.29, 1.82) is 0 Å². The van der Waals surface area contributed by atoms with Crippen molar-refractivity contribution in [3.8, 4) is 0 Å². The minimum absolute atomic E-state index is 0.0481. The molecule has 0 bridgehead atoms. The van der Waals surface area contributed by atoms with Crippen molar-refractivity contribution < 1.29 is 23.1 Å². The molecule has 7 unspecified atom stereocenters. The van der Waals surface area contributed by atoms with Crippen LogP contribution in [0.2, 0.25) is 0 Å². The summed E-state index contributed by atoms with van der Waals surface area (Å²) in [5.74, 6) is 2.35. The Morgan fingerprint density at radius 2 is 2.00 bits per heavy atom. The number of rotatable bonds is 3. The Kier molecular flexibility index (Phi) is 7.20. The molecule has 4 aliphatic rings. The second kappa shape index (κ2) is 9.17. The van der Waals surface area contributed by atoms with Crippen LogP contribution in [-0.4, -0.2) is 29.5 Å². The highest BCUT2D eigenvalue weighted by Gasteiger charge is 2.60. The molecule has 0 amide bonds. The predicted molar refractivity (Wildman–Crippen MR) is 119 cm³/mol. The minimum Gasteiger partial charge on any atom is -0.461 e. The molecule has 0 saturated heterocycles. The van der Waals surface area contributed by atoms with Crippen molar-refractivity contribution in [2.24, 2.45) is 34.5 Å². The Morgan fingerprint density at radius 1 is 1.30 bits per heavy atom. The van der Waals surface area contributed by atoms with E-state index in [0.29, 0.717) is 48.8 Å². The molecule has 7 atom stereocenters. The van der Waals surface area contributed by atoms with E-state index in [-0.39, 0.29) is 28.7 Å². The van der Waals surface area contributed by atoms with Crippen LogP contribution in [0.3, 0.4) is 0 Å². The SMILES string of the molecule is CCC(=O)OC1C(C)CC2C3C=CC4=CC(=O)CCC4(C)C3CCC21C.COSO. The lowest BCUT2D eigenvalue weighted by Gasteiger charge is -2.55. The lowest BCUT2D eigenvalue weighted by Crippen LogP contribution is -2.50. The molecule has 0 spiro atoms. The third-order valence-electron chi connectivity index (χ3n) is 8.37. The van der Waals surface area contributed by atoms with Crippen LogP contribution in [0.1, 0.15) is 66.2 Å². The number of carbonyl (C=O) groups excluding carboxylic acids is 2. The number of allylic oxidation sites excluding steroid dienone is 4. The number of ether oxygens (including phenoxy) is 1. The van der Waals surface area contributed by atoms with Gasteiger partial charge in [-0.05, 0) is 66.4 Å². The summed E-state index contributed by atoms with van der Waals surface area (Å²) in [6, 6.07) is 0. The van der Waals surface area contributed by atoms with Crippen LogP contribution >= 0.6 is 12.3 Å². The van der Waals surface area contributed by atoms with Gasteiger partial charge in [-0.2, -0.15) is 0 Å². The highest BCUT2D eigenvalue weighted by Crippen LogP contribution is 2.65. The highest BCUT2D eigenvalue weighted by molar-refractivity contribution is 7.88. The van der Waals surface area contributed by atoms with Crippen LogP contribution in [0.15, 0.2) is 23.8 Å². The van der Waals surface area contributed by atoms with Gasteiger partial charge in [-0.1, -0.05) is 39.8 Å². The Balaban J connectivity index is 0.000000589. The van der Waals surface area contributed by atoms with Gasteiger partial charge in [0.1, 0.15) is 6.10 Å². The maximum absolute atomic E-state index is 12.0. The fourth-order valence-electron chi connectivity index (χ4n) is 6.80. The molecule has 4 rings (SSSR count). The van der Waals surface area contributed by atoms with Gasteiger partial charge in [-0.3, -0.25) is 13.8 Å². The summed E-state index contributed by atoms with van der Waals surface area (Å²) in [6.45, 7) is 8.87. The van der Waals surface area contributed by atoms with E-state index in [4.69, 9.17) is 9.29 Å². The average molecular weight is 437 g/mol.